The van der Waals surface area contributed by atoms with Crippen LogP contribution in [0.2, 0.25) is 0 Å². The van der Waals surface area contributed by atoms with Crippen LogP contribution in [0.5, 0.6) is 0 Å². The first-order chi connectivity index (χ1) is 11.6. The van der Waals surface area contributed by atoms with Crippen molar-refractivity contribution in [3.05, 3.63) is 52.0 Å². The Morgan fingerprint density at radius 3 is 3.08 bits per heavy atom. The Hall–Kier alpha value is -2.44. The molecular formula is C18H19N4OS+. The molecular weight excluding hydrogens is 320 g/mol. The van der Waals surface area contributed by atoms with E-state index in [9.17, 15) is 4.79 Å². The Morgan fingerprint density at radius 2 is 2.25 bits per heavy atom. The molecule has 2 aromatic heterocycles. The molecule has 0 radical (unpaired) electrons. The fraction of sp³-hybridized carbons (Fsp3) is 0.222. The van der Waals surface area contributed by atoms with Crippen LogP contribution in [0.1, 0.15) is 26.4 Å². The number of fused-ring (bicyclic) bond motifs is 2. The number of primary amides is 1. The van der Waals surface area contributed by atoms with Crippen LogP contribution in [0.4, 0.5) is 5.00 Å². The molecule has 0 fully saturated rings. The monoisotopic (exact) mass is 339 g/mol. The minimum absolute atomic E-state index is 0.377. The zero-order valence-corrected chi connectivity index (χ0v) is 14.2. The van der Waals surface area contributed by atoms with Gasteiger partial charge in [0, 0.05) is 35.3 Å². The van der Waals surface area contributed by atoms with E-state index in [4.69, 9.17) is 5.73 Å². The van der Waals surface area contributed by atoms with Gasteiger partial charge >= 0.3 is 0 Å². The number of hydrogen-bond donors (Lipinski definition) is 3. The van der Waals surface area contributed by atoms with Crippen molar-refractivity contribution in [2.45, 2.75) is 13.0 Å². The molecule has 0 saturated carbocycles. The van der Waals surface area contributed by atoms with Crippen molar-refractivity contribution >= 4 is 39.4 Å². The molecule has 0 aliphatic carbocycles. The molecule has 4 rings (SSSR count). The number of amides is 1. The summed E-state index contributed by atoms with van der Waals surface area (Å²) in [5.74, 6) is -0.377. The predicted octanol–water partition coefficient (Wildman–Crippen LogP) is 1.65. The quantitative estimate of drug-likeness (QED) is 0.624. The number of likely N-dealkylation sites (N-methyl/N-ethyl adjacent to an activating group) is 1. The Kier molecular flexibility index (Phi) is 3.70. The number of hydrogen-bond acceptors (Lipinski definition) is 3. The lowest BCUT2D eigenvalue weighted by molar-refractivity contribution is -0.895. The Labute approximate surface area is 143 Å². The standard InChI is InChI=1S/C18H18N4OS/c1-22-7-6-13-15(10-22)24-18(16(13)17(19)23)21-9-11-8-20-14-5-3-2-4-12(11)14/h2-5,8-9,20H,6-7,10H2,1H3,(H2,19,23)/p+1/b21-9+. The smallest absolute Gasteiger partial charge is 0.252 e. The van der Waals surface area contributed by atoms with E-state index < -0.39 is 0 Å². The van der Waals surface area contributed by atoms with Gasteiger partial charge in [-0.2, -0.15) is 0 Å². The van der Waals surface area contributed by atoms with Gasteiger partial charge in [0.2, 0.25) is 0 Å². The number of nitrogens with one attached hydrogen (secondary N) is 2. The zero-order valence-electron chi connectivity index (χ0n) is 13.4. The number of thiophene rings is 1. The van der Waals surface area contributed by atoms with E-state index in [1.807, 2.05) is 30.6 Å². The number of nitrogens with zero attached hydrogens (tertiary/aromatic N) is 1. The van der Waals surface area contributed by atoms with E-state index in [1.54, 1.807) is 11.3 Å². The normalized spacial score (nSPS) is 17.5. The Bertz CT molecular complexity index is 953. The SMILES string of the molecule is C[NH+]1CCc2c(sc(/N=C/c3c[nH]c4ccccc34)c2C(N)=O)C1. The fourth-order valence-electron chi connectivity index (χ4n) is 3.28. The fourth-order valence-corrected chi connectivity index (χ4v) is 4.59. The van der Waals surface area contributed by atoms with E-state index in [-0.39, 0.29) is 5.91 Å². The molecule has 1 amide bonds. The molecule has 3 heterocycles. The average molecular weight is 339 g/mol. The Morgan fingerprint density at radius 1 is 1.42 bits per heavy atom. The van der Waals surface area contributed by atoms with Crippen LogP contribution in [0.25, 0.3) is 10.9 Å². The van der Waals surface area contributed by atoms with Crippen molar-refractivity contribution in [1.29, 1.82) is 0 Å². The van der Waals surface area contributed by atoms with Gasteiger partial charge in [-0.05, 0) is 11.6 Å². The highest BCUT2D eigenvalue weighted by molar-refractivity contribution is 7.16. The summed E-state index contributed by atoms with van der Waals surface area (Å²) in [6.07, 6.45) is 4.64. The van der Waals surface area contributed by atoms with E-state index >= 15 is 0 Å². The lowest BCUT2D eigenvalue weighted by Crippen LogP contribution is -3.08. The molecule has 1 aromatic carbocycles. The average Bonchev–Trinajstić information content (AvgIpc) is 3.13. The van der Waals surface area contributed by atoms with E-state index in [2.05, 4.69) is 23.1 Å². The summed E-state index contributed by atoms with van der Waals surface area (Å²) in [5, 5.41) is 1.85. The molecule has 1 unspecified atom stereocenters. The van der Waals surface area contributed by atoms with Crippen molar-refractivity contribution < 1.29 is 9.69 Å². The number of H-pyrrole nitrogens is 1. The molecule has 0 saturated heterocycles. The number of para-hydroxylation sites is 1. The van der Waals surface area contributed by atoms with Gasteiger partial charge in [0.25, 0.3) is 5.91 Å². The summed E-state index contributed by atoms with van der Waals surface area (Å²) >= 11 is 1.59. The van der Waals surface area contributed by atoms with Gasteiger partial charge < -0.3 is 15.6 Å². The van der Waals surface area contributed by atoms with Crippen LogP contribution in [0.15, 0.2) is 35.5 Å². The Balaban J connectivity index is 1.75. The number of benzene rings is 1. The number of aromatic amines is 1. The number of carbonyl (C=O) groups excluding carboxylic acids is 1. The summed E-state index contributed by atoms with van der Waals surface area (Å²) in [4.78, 5) is 22.5. The largest absolute Gasteiger partial charge is 0.365 e. The van der Waals surface area contributed by atoms with Crippen LogP contribution >= 0.6 is 11.3 Å². The number of quaternary nitrogens is 1. The first-order valence-corrected chi connectivity index (χ1v) is 8.81. The van der Waals surface area contributed by atoms with Gasteiger partial charge in [-0.25, -0.2) is 4.99 Å². The van der Waals surface area contributed by atoms with E-state index in [0.717, 1.165) is 46.5 Å². The maximum absolute atomic E-state index is 12.0. The molecule has 0 bridgehead atoms. The number of aromatic nitrogens is 1. The number of aliphatic imine (C=N–C) groups is 1. The minimum Gasteiger partial charge on any atom is -0.365 e. The summed E-state index contributed by atoms with van der Waals surface area (Å²) in [6.45, 7) is 1.96. The number of nitrogens with two attached hydrogens (primary N) is 1. The van der Waals surface area contributed by atoms with Crippen LogP contribution in [0.3, 0.4) is 0 Å². The van der Waals surface area contributed by atoms with Crippen LogP contribution < -0.4 is 10.6 Å². The highest BCUT2D eigenvalue weighted by Crippen LogP contribution is 2.36. The maximum atomic E-state index is 12.0. The summed E-state index contributed by atoms with van der Waals surface area (Å²) in [7, 11) is 2.17. The topological polar surface area (TPSA) is 75.7 Å². The first kappa shape index (κ1) is 15.1. The molecule has 24 heavy (non-hydrogen) atoms. The second-order valence-electron chi connectivity index (χ2n) is 6.23. The molecule has 5 nitrogen and oxygen atoms in total. The molecule has 1 aliphatic rings. The second-order valence-corrected chi connectivity index (χ2v) is 7.31. The third-order valence-electron chi connectivity index (χ3n) is 4.52. The van der Waals surface area contributed by atoms with Crippen molar-refractivity contribution in [1.82, 2.24) is 4.98 Å². The molecule has 1 aliphatic heterocycles. The van der Waals surface area contributed by atoms with E-state index in [0.29, 0.717) is 5.56 Å². The molecule has 4 N–H and O–H groups in total. The number of rotatable bonds is 3. The lowest BCUT2D eigenvalue weighted by Gasteiger charge is -2.19. The van der Waals surface area contributed by atoms with Gasteiger partial charge in [0.1, 0.15) is 11.5 Å². The molecule has 6 heteroatoms. The summed E-state index contributed by atoms with van der Waals surface area (Å²) in [6, 6.07) is 8.09. The van der Waals surface area contributed by atoms with Crippen molar-refractivity contribution in [3.63, 3.8) is 0 Å². The first-order valence-electron chi connectivity index (χ1n) is 7.99. The maximum Gasteiger partial charge on any atom is 0.252 e. The van der Waals surface area contributed by atoms with Gasteiger partial charge in [0.05, 0.1) is 24.0 Å². The second kappa shape index (κ2) is 5.89. The minimum atomic E-state index is -0.377. The highest BCUT2D eigenvalue weighted by atomic mass is 32.1. The van der Waals surface area contributed by atoms with Gasteiger partial charge in [-0.1, -0.05) is 18.2 Å². The molecule has 0 spiro atoms. The number of carbonyl (C=O) groups is 1. The van der Waals surface area contributed by atoms with Gasteiger partial charge in [0.15, 0.2) is 0 Å². The summed E-state index contributed by atoms with van der Waals surface area (Å²) < 4.78 is 0. The predicted molar refractivity (Wildman–Crippen MR) is 97.6 cm³/mol. The highest BCUT2D eigenvalue weighted by Gasteiger charge is 2.27. The molecule has 3 aromatic rings. The van der Waals surface area contributed by atoms with Crippen LogP contribution in [0, 0.1) is 0 Å². The van der Waals surface area contributed by atoms with Crippen molar-refractivity contribution in [2.24, 2.45) is 10.7 Å². The molecule has 122 valence electrons. The van der Waals surface area contributed by atoms with E-state index in [1.165, 1.54) is 9.78 Å². The van der Waals surface area contributed by atoms with Crippen LogP contribution in [-0.4, -0.2) is 30.7 Å². The third-order valence-corrected chi connectivity index (χ3v) is 5.66. The van der Waals surface area contributed by atoms with Crippen LogP contribution in [-0.2, 0) is 13.0 Å². The van der Waals surface area contributed by atoms with Gasteiger partial charge in [-0.3, -0.25) is 4.79 Å². The van der Waals surface area contributed by atoms with Crippen molar-refractivity contribution in [2.75, 3.05) is 13.6 Å². The lowest BCUT2D eigenvalue weighted by atomic mass is 10.0. The zero-order chi connectivity index (χ0) is 16.7. The van der Waals surface area contributed by atoms with Crippen molar-refractivity contribution in [3.8, 4) is 0 Å². The third kappa shape index (κ3) is 2.53. The summed E-state index contributed by atoms with van der Waals surface area (Å²) in [5.41, 5.74) is 9.43. The molecule has 1 atom stereocenters. The van der Waals surface area contributed by atoms with Gasteiger partial charge in [-0.15, -0.1) is 11.3 Å².